The number of nitrogens with zero attached hydrogens (tertiary/aromatic N) is 1. The number of ether oxygens (including phenoxy) is 1. The molecule has 0 spiro atoms. The number of aryl methyl sites for hydroxylation is 1. The summed E-state index contributed by atoms with van der Waals surface area (Å²) >= 11 is 1.49. The van der Waals surface area contributed by atoms with Crippen molar-refractivity contribution in [3.63, 3.8) is 0 Å². The lowest BCUT2D eigenvalue weighted by Gasteiger charge is -2.06. The molecule has 0 saturated carbocycles. The second-order valence-corrected chi connectivity index (χ2v) is 5.41. The van der Waals surface area contributed by atoms with Crippen molar-refractivity contribution in [3.05, 3.63) is 36.0 Å². The summed E-state index contributed by atoms with van der Waals surface area (Å²) < 4.78 is 5.38. The van der Waals surface area contributed by atoms with Gasteiger partial charge in [-0.15, -0.1) is 11.8 Å². The van der Waals surface area contributed by atoms with Crippen LogP contribution in [-0.2, 0) is 11.2 Å². The van der Waals surface area contributed by atoms with E-state index in [1.54, 1.807) is 6.20 Å². The van der Waals surface area contributed by atoms with Crippen LogP contribution < -0.4 is 10.1 Å². The standard InChI is InChI=1S/C15H19N3O2S/c1-3-11-9-16-18-15(11)17-14(19)10-21-13-7-5-12(6-8-13)20-4-2/h5-9H,3-4,10H2,1-2H3,(H2,16,17,18,19). The molecule has 0 aliphatic rings. The number of aromatic amines is 1. The Morgan fingerprint density at radius 1 is 1.33 bits per heavy atom. The molecular weight excluding hydrogens is 286 g/mol. The van der Waals surface area contributed by atoms with Crippen molar-refractivity contribution in [3.8, 4) is 5.75 Å². The number of amides is 1. The van der Waals surface area contributed by atoms with Gasteiger partial charge in [0.05, 0.1) is 18.6 Å². The Balaban J connectivity index is 1.83. The zero-order valence-corrected chi connectivity index (χ0v) is 13.0. The molecular formula is C15H19N3O2S. The molecule has 1 heterocycles. The highest BCUT2D eigenvalue weighted by Gasteiger charge is 2.08. The van der Waals surface area contributed by atoms with Gasteiger partial charge in [0.25, 0.3) is 0 Å². The van der Waals surface area contributed by atoms with Crippen LogP contribution in [0.1, 0.15) is 19.4 Å². The van der Waals surface area contributed by atoms with E-state index in [0.29, 0.717) is 18.2 Å². The van der Waals surface area contributed by atoms with E-state index in [2.05, 4.69) is 15.5 Å². The molecule has 0 aliphatic carbocycles. The summed E-state index contributed by atoms with van der Waals surface area (Å²) in [4.78, 5) is 13.0. The molecule has 0 bridgehead atoms. The molecule has 0 fully saturated rings. The summed E-state index contributed by atoms with van der Waals surface area (Å²) in [5, 5.41) is 9.57. The highest BCUT2D eigenvalue weighted by atomic mass is 32.2. The maximum atomic E-state index is 11.9. The fraction of sp³-hybridized carbons (Fsp3) is 0.333. The first-order valence-corrected chi connectivity index (χ1v) is 7.89. The number of benzene rings is 1. The van der Waals surface area contributed by atoms with Gasteiger partial charge in [-0.3, -0.25) is 9.89 Å². The smallest absolute Gasteiger partial charge is 0.235 e. The number of carbonyl (C=O) groups is 1. The molecule has 112 valence electrons. The van der Waals surface area contributed by atoms with Crippen LogP contribution in [0, 0.1) is 0 Å². The van der Waals surface area contributed by atoms with E-state index < -0.39 is 0 Å². The topological polar surface area (TPSA) is 67.0 Å². The summed E-state index contributed by atoms with van der Waals surface area (Å²) in [5.41, 5.74) is 1.01. The van der Waals surface area contributed by atoms with Crippen LogP contribution in [0.3, 0.4) is 0 Å². The van der Waals surface area contributed by atoms with E-state index >= 15 is 0 Å². The minimum atomic E-state index is -0.0483. The Morgan fingerprint density at radius 2 is 2.10 bits per heavy atom. The van der Waals surface area contributed by atoms with E-state index in [1.807, 2.05) is 38.1 Å². The van der Waals surface area contributed by atoms with E-state index in [4.69, 9.17) is 4.74 Å². The molecule has 0 unspecified atom stereocenters. The molecule has 2 aromatic rings. The van der Waals surface area contributed by atoms with Gasteiger partial charge >= 0.3 is 0 Å². The van der Waals surface area contributed by atoms with Crippen molar-refractivity contribution in [2.45, 2.75) is 25.2 Å². The van der Waals surface area contributed by atoms with Crippen molar-refractivity contribution in [2.24, 2.45) is 0 Å². The van der Waals surface area contributed by atoms with Crippen LogP contribution in [0.5, 0.6) is 5.75 Å². The van der Waals surface area contributed by atoms with E-state index in [-0.39, 0.29) is 5.91 Å². The monoisotopic (exact) mass is 305 g/mol. The molecule has 2 N–H and O–H groups in total. The van der Waals surface area contributed by atoms with E-state index in [9.17, 15) is 4.79 Å². The molecule has 1 aromatic heterocycles. The Labute approximate surface area is 128 Å². The van der Waals surface area contributed by atoms with Gasteiger partial charge in [-0.1, -0.05) is 6.92 Å². The molecule has 0 radical (unpaired) electrons. The van der Waals surface area contributed by atoms with Crippen LogP contribution in [0.15, 0.2) is 35.4 Å². The third kappa shape index (κ3) is 4.53. The van der Waals surface area contributed by atoms with Crippen molar-refractivity contribution in [1.29, 1.82) is 0 Å². The van der Waals surface area contributed by atoms with Crippen LogP contribution in [0.2, 0.25) is 0 Å². The molecule has 5 nitrogen and oxygen atoms in total. The molecule has 0 atom stereocenters. The minimum Gasteiger partial charge on any atom is -0.494 e. The van der Waals surface area contributed by atoms with Crippen LogP contribution >= 0.6 is 11.8 Å². The summed E-state index contributed by atoms with van der Waals surface area (Å²) in [7, 11) is 0. The summed E-state index contributed by atoms with van der Waals surface area (Å²) in [5.74, 6) is 1.84. The molecule has 21 heavy (non-hydrogen) atoms. The van der Waals surface area contributed by atoms with E-state index in [0.717, 1.165) is 22.6 Å². The second-order valence-electron chi connectivity index (χ2n) is 4.37. The van der Waals surface area contributed by atoms with Crippen molar-refractivity contribution in [2.75, 3.05) is 17.7 Å². The molecule has 6 heteroatoms. The largest absolute Gasteiger partial charge is 0.494 e. The fourth-order valence-electron chi connectivity index (χ4n) is 1.81. The lowest BCUT2D eigenvalue weighted by atomic mass is 10.2. The van der Waals surface area contributed by atoms with Gasteiger partial charge in [0.15, 0.2) is 0 Å². The number of carbonyl (C=O) groups excluding carboxylic acids is 1. The summed E-state index contributed by atoms with van der Waals surface area (Å²) in [6.07, 6.45) is 2.56. The number of aromatic nitrogens is 2. The number of H-pyrrole nitrogens is 1. The second kappa shape index (κ2) is 7.73. The maximum absolute atomic E-state index is 11.9. The van der Waals surface area contributed by atoms with Crippen molar-refractivity contribution in [1.82, 2.24) is 10.2 Å². The van der Waals surface area contributed by atoms with Gasteiger partial charge in [-0.05, 0) is 37.6 Å². The number of hydrogen-bond donors (Lipinski definition) is 2. The van der Waals surface area contributed by atoms with Gasteiger partial charge in [-0.25, -0.2) is 0 Å². The van der Waals surface area contributed by atoms with Gasteiger partial charge in [-0.2, -0.15) is 5.10 Å². The predicted octanol–water partition coefficient (Wildman–Crippen LogP) is 3.10. The van der Waals surface area contributed by atoms with Gasteiger partial charge in [0, 0.05) is 10.5 Å². The Kier molecular flexibility index (Phi) is 5.68. The number of hydrogen-bond acceptors (Lipinski definition) is 4. The minimum absolute atomic E-state index is 0.0483. The lowest BCUT2D eigenvalue weighted by Crippen LogP contribution is -2.15. The Hall–Kier alpha value is -1.95. The van der Waals surface area contributed by atoms with E-state index in [1.165, 1.54) is 11.8 Å². The molecule has 0 aliphatic heterocycles. The summed E-state index contributed by atoms with van der Waals surface area (Å²) in [6, 6.07) is 7.73. The average Bonchev–Trinajstić information content (AvgIpc) is 2.94. The first-order chi connectivity index (χ1) is 10.2. The third-order valence-electron chi connectivity index (χ3n) is 2.87. The van der Waals surface area contributed by atoms with Gasteiger partial charge in [0.1, 0.15) is 11.6 Å². The SMILES string of the molecule is CCOc1ccc(SCC(=O)Nc2[nH]ncc2CC)cc1. The molecule has 2 rings (SSSR count). The third-order valence-corrected chi connectivity index (χ3v) is 3.88. The van der Waals surface area contributed by atoms with Crippen LogP contribution in [0.4, 0.5) is 5.82 Å². The highest BCUT2D eigenvalue weighted by Crippen LogP contribution is 2.22. The zero-order valence-electron chi connectivity index (χ0n) is 12.2. The zero-order chi connectivity index (χ0) is 15.1. The quantitative estimate of drug-likeness (QED) is 0.771. The predicted molar refractivity (Wildman–Crippen MR) is 84.9 cm³/mol. The fourth-order valence-corrected chi connectivity index (χ4v) is 2.51. The average molecular weight is 305 g/mol. The Bertz CT molecular complexity index is 581. The number of rotatable bonds is 7. The van der Waals surface area contributed by atoms with Crippen LogP contribution in [-0.4, -0.2) is 28.5 Å². The van der Waals surface area contributed by atoms with Crippen LogP contribution in [0.25, 0.3) is 0 Å². The number of thioether (sulfide) groups is 1. The molecule has 0 saturated heterocycles. The first kappa shape index (κ1) is 15.4. The molecule has 1 amide bonds. The maximum Gasteiger partial charge on any atom is 0.235 e. The summed E-state index contributed by atoms with van der Waals surface area (Å²) in [6.45, 7) is 4.63. The van der Waals surface area contributed by atoms with Crippen molar-refractivity contribution < 1.29 is 9.53 Å². The molecule has 1 aromatic carbocycles. The lowest BCUT2D eigenvalue weighted by molar-refractivity contribution is -0.113. The van der Waals surface area contributed by atoms with Crippen molar-refractivity contribution >= 4 is 23.5 Å². The van der Waals surface area contributed by atoms with Gasteiger partial charge < -0.3 is 10.1 Å². The van der Waals surface area contributed by atoms with Gasteiger partial charge in [0.2, 0.25) is 5.91 Å². The highest BCUT2D eigenvalue weighted by molar-refractivity contribution is 8.00. The number of nitrogens with one attached hydrogen (secondary N) is 2. The Morgan fingerprint density at radius 3 is 2.76 bits per heavy atom. The first-order valence-electron chi connectivity index (χ1n) is 6.90. The normalized spacial score (nSPS) is 10.4. The number of anilines is 1.